The minimum atomic E-state index is -3.43. The van der Waals surface area contributed by atoms with Crippen LogP contribution in [0.25, 0.3) is 0 Å². The highest BCUT2D eigenvalue weighted by molar-refractivity contribution is 7.91. The Morgan fingerprint density at radius 3 is 2.71 bits per heavy atom. The summed E-state index contributed by atoms with van der Waals surface area (Å²) in [5, 5.41) is 5.37. The number of likely N-dealkylation sites (N-methyl/N-ethyl adjacent to an activating group) is 1. The summed E-state index contributed by atoms with van der Waals surface area (Å²) in [5.41, 5.74) is 1.09. The van der Waals surface area contributed by atoms with Crippen molar-refractivity contribution in [3.8, 4) is 0 Å². The molecule has 0 aromatic carbocycles. The second-order valence-electron chi connectivity index (χ2n) is 6.98. The second-order valence-corrected chi connectivity index (χ2v) is 11.2. The first kappa shape index (κ1) is 21.7. The summed E-state index contributed by atoms with van der Waals surface area (Å²) in [5.74, 6) is -0.231. The highest BCUT2D eigenvalue weighted by Crippen LogP contribution is 2.30. The predicted molar refractivity (Wildman–Crippen MR) is 114 cm³/mol. The molecule has 1 amide bonds. The second kappa shape index (κ2) is 8.76. The average molecular weight is 463 g/mol. The third-order valence-electron chi connectivity index (χ3n) is 5.07. The van der Waals surface area contributed by atoms with Crippen molar-refractivity contribution in [1.29, 1.82) is 0 Å². The number of carbonyl (C=O) groups excluding carboxylic acids is 1. The molecule has 0 saturated carbocycles. The fourth-order valence-corrected chi connectivity index (χ4v) is 7.19. The maximum atomic E-state index is 12.6. The number of thiazole rings is 1. The van der Waals surface area contributed by atoms with Crippen molar-refractivity contribution in [3.05, 3.63) is 28.1 Å². The van der Waals surface area contributed by atoms with Crippen LogP contribution >= 0.6 is 35.1 Å². The number of halogens is 1. The van der Waals surface area contributed by atoms with Crippen LogP contribution in [0, 0.1) is 5.92 Å². The van der Waals surface area contributed by atoms with E-state index in [2.05, 4.69) is 22.2 Å². The number of rotatable bonds is 4. The van der Waals surface area contributed by atoms with E-state index in [-0.39, 0.29) is 24.2 Å². The zero-order valence-corrected chi connectivity index (χ0v) is 18.7. The van der Waals surface area contributed by atoms with Gasteiger partial charge in [0.15, 0.2) is 5.13 Å². The number of carbonyl (C=O) groups is 1. The number of nitrogens with zero attached hydrogens (tertiary/aromatic N) is 3. The smallest absolute Gasteiger partial charge is 0.252 e. The summed E-state index contributed by atoms with van der Waals surface area (Å²) >= 11 is 2.77. The molecular formula is C17H23ClN4O3S3. The topological polar surface area (TPSA) is 82.6 Å². The van der Waals surface area contributed by atoms with Gasteiger partial charge >= 0.3 is 0 Å². The number of sulfonamides is 1. The number of piperidine rings is 1. The Labute approximate surface area is 179 Å². The van der Waals surface area contributed by atoms with Gasteiger partial charge in [0.25, 0.3) is 10.0 Å². The molecule has 2 aliphatic heterocycles. The van der Waals surface area contributed by atoms with E-state index in [1.165, 1.54) is 20.5 Å². The number of anilines is 1. The number of aromatic nitrogens is 1. The molecule has 0 radical (unpaired) electrons. The number of fused-ring (bicyclic) bond motifs is 1. The van der Waals surface area contributed by atoms with Crippen molar-refractivity contribution in [1.82, 2.24) is 14.2 Å². The van der Waals surface area contributed by atoms with Gasteiger partial charge in [0.05, 0.1) is 5.69 Å². The number of nitrogens with one attached hydrogen (secondary N) is 1. The van der Waals surface area contributed by atoms with Gasteiger partial charge in [-0.15, -0.1) is 35.1 Å². The zero-order chi connectivity index (χ0) is 19.0. The molecule has 1 fully saturated rings. The van der Waals surface area contributed by atoms with Gasteiger partial charge in [-0.05, 0) is 31.3 Å². The van der Waals surface area contributed by atoms with E-state index in [1.54, 1.807) is 28.8 Å². The number of hydrogen-bond acceptors (Lipinski definition) is 7. The molecule has 7 nitrogen and oxygen atoms in total. The van der Waals surface area contributed by atoms with E-state index in [1.807, 2.05) is 0 Å². The molecule has 2 aliphatic rings. The molecule has 4 heterocycles. The summed E-state index contributed by atoms with van der Waals surface area (Å²) in [4.78, 5) is 20.6. The molecule has 0 bridgehead atoms. The molecule has 0 unspecified atom stereocenters. The Morgan fingerprint density at radius 2 is 2.04 bits per heavy atom. The fourth-order valence-electron chi connectivity index (χ4n) is 3.48. The SMILES string of the molecule is CN1CCc2nc(NC(=O)C3CCN(S(=O)(=O)c4cccs4)CC3)sc2C1.Cl. The van der Waals surface area contributed by atoms with Gasteiger partial charge in [-0.1, -0.05) is 6.07 Å². The molecule has 1 saturated heterocycles. The predicted octanol–water partition coefficient (Wildman–Crippen LogP) is 2.65. The lowest BCUT2D eigenvalue weighted by molar-refractivity contribution is -0.120. The van der Waals surface area contributed by atoms with Crippen LogP contribution in [0.3, 0.4) is 0 Å². The first-order chi connectivity index (χ1) is 12.9. The molecule has 0 aliphatic carbocycles. The van der Waals surface area contributed by atoms with Crippen LogP contribution in [-0.4, -0.2) is 55.2 Å². The van der Waals surface area contributed by atoms with Crippen molar-refractivity contribution < 1.29 is 13.2 Å². The van der Waals surface area contributed by atoms with Crippen LogP contribution in [-0.2, 0) is 27.8 Å². The van der Waals surface area contributed by atoms with E-state index in [0.29, 0.717) is 35.3 Å². The van der Waals surface area contributed by atoms with Crippen LogP contribution in [0.1, 0.15) is 23.4 Å². The van der Waals surface area contributed by atoms with Crippen LogP contribution in [0.5, 0.6) is 0 Å². The number of hydrogen-bond donors (Lipinski definition) is 1. The molecule has 4 rings (SSSR count). The summed E-state index contributed by atoms with van der Waals surface area (Å²) in [6, 6.07) is 3.36. The fraction of sp³-hybridized carbons (Fsp3) is 0.529. The van der Waals surface area contributed by atoms with Crippen LogP contribution in [0.2, 0.25) is 0 Å². The zero-order valence-electron chi connectivity index (χ0n) is 15.5. The molecule has 0 atom stereocenters. The Hall–Kier alpha value is -1.04. The summed E-state index contributed by atoms with van der Waals surface area (Å²) in [6.07, 6.45) is 1.98. The Bertz CT molecular complexity index is 922. The first-order valence-corrected chi connectivity index (χ1v) is 12.1. The largest absolute Gasteiger partial charge is 0.302 e. The van der Waals surface area contributed by atoms with E-state index < -0.39 is 10.0 Å². The average Bonchev–Trinajstić information content (AvgIpc) is 3.31. The normalized spacial score (nSPS) is 19.0. The van der Waals surface area contributed by atoms with Crippen molar-refractivity contribution >= 4 is 56.1 Å². The van der Waals surface area contributed by atoms with Crippen LogP contribution < -0.4 is 5.32 Å². The van der Waals surface area contributed by atoms with E-state index in [9.17, 15) is 13.2 Å². The van der Waals surface area contributed by atoms with Crippen LogP contribution in [0.4, 0.5) is 5.13 Å². The molecule has 2 aromatic rings. The highest BCUT2D eigenvalue weighted by Gasteiger charge is 2.33. The number of amides is 1. The Balaban J connectivity index is 0.00000225. The Kier molecular flexibility index (Phi) is 6.78. The first-order valence-electron chi connectivity index (χ1n) is 8.95. The third-order valence-corrected chi connectivity index (χ3v) is 9.34. The van der Waals surface area contributed by atoms with Gasteiger partial charge in [-0.3, -0.25) is 4.79 Å². The standard InChI is InChI=1S/C17H22N4O3S3.ClH/c1-20-7-6-13-14(11-20)26-17(18-13)19-16(22)12-4-8-21(9-5-12)27(23,24)15-3-2-10-25-15;/h2-3,10,12H,4-9,11H2,1H3,(H,18,19,22);1H. The monoisotopic (exact) mass is 462 g/mol. The van der Waals surface area contributed by atoms with Crippen molar-refractivity contribution in [2.45, 2.75) is 30.0 Å². The van der Waals surface area contributed by atoms with E-state index in [0.717, 1.165) is 25.2 Å². The van der Waals surface area contributed by atoms with Crippen molar-refractivity contribution in [3.63, 3.8) is 0 Å². The maximum Gasteiger partial charge on any atom is 0.252 e. The molecule has 28 heavy (non-hydrogen) atoms. The number of thiophene rings is 1. The van der Waals surface area contributed by atoms with Gasteiger partial charge in [-0.25, -0.2) is 13.4 Å². The van der Waals surface area contributed by atoms with Crippen molar-refractivity contribution in [2.75, 3.05) is 32.0 Å². The summed E-state index contributed by atoms with van der Waals surface area (Å²) in [6.45, 7) is 2.61. The van der Waals surface area contributed by atoms with Gasteiger partial charge in [0.2, 0.25) is 5.91 Å². The van der Waals surface area contributed by atoms with Gasteiger partial charge < -0.3 is 10.2 Å². The quantitative estimate of drug-likeness (QED) is 0.755. The Morgan fingerprint density at radius 1 is 1.29 bits per heavy atom. The molecular weight excluding hydrogens is 440 g/mol. The minimum Gasteiger partial charge on any atom is -0.302 e. The molecule has 11 heteroatoms. The molecule has 2 aromatic heterocycles. The van der Waals surface area contributed by atoms with Gasteiger partial charge in [0.1, 0.15) is 4.21 Å². The summed E-state index contributed by atoms with van der Waals surface area (Å²) in [7, 11) is -1.35. The van der Waals surface area contributed by atoms with Crippen molar-refractivity contribution in [2.24, 2.45) is 5.92 Å². The molecule has 0 spiro atoms. The van der Waals surface area contributed by atoms with Crippen LogP contribution in [0.15, 0.2) is 21.7 Å². The van der Waals surface area contributed by atoms with Gasteiger partial charge in [-0.2, -0.15) is 4.31 Å². The highest BCUT2D eigenvalue weighted by atomic mass is 35.5. The lowest BCUT2D eigenvalue weighted by Crippen LogP contribution is -2.41. The minimum absolute atomic E-state index is 0. The van der Waals surface area contributed by atoms with Gasteiger partial charge in [0, 0.05) is 43.4 Å². The third kappa shape index (κ3) is 4.42. The van der Waals surface area contributed by atoms with E-state index in [4.69, 9.17) is 0 Å². The summed E-state index contributed by atoms with van der Waals surface area (Å²) < 4.78 is 27.0. The van der Waals surface area contributed by atoms with E-state index >= 15 is 0 Å². The molecule has 1 N–H and O–H groups in total. The lowest BCUT2D eigenvalue weighted by Gasteiger charge is -2.29. The molecule has 154 valence electrons. The maximum absolute atomic E-state index is 12.6. The lowest BCUT2D eigenvalue weighted by atomic mass is 9.97.